The third-order valence-corrected chi connectivity index (χ3v) is 8.26. The standard InChI is InChI=1S/C23H25ClN2OS/c1-15(25-21-5-3-2-4-19(21)24)17-8-9-20-18(14-17)23(10-12-28(27)13-11-23)22(26-20)16-6-7-16/h2-5,8-9,14,16,22,25-26H,1,6-7,10-13H2. The highest BCUT2D eigenvalue weighted by Crippen LogP contribution is 2.55. The molecule has 2 aliphatic heterocycles. The average Bonchev–Trinajstić information content (AvgIpc) is 3.50. The van der Waals surface area contributed by atoms with Gasteiger partial charge in [-0.25, -0.2) is 0 Å². The van der Waals surface area contributed by atoms with Crippen LogP contribution in [0.25, 0.3) is 5.70 Å². The Kier molecular flexibility index (Phi) is 4.61. The third-order valence-electron chi connectivity index (χ3n) is 6.62. The number of nitrogens with one attached hydrogen (secondary N) is 2. The fourth-order valence-corrected chi connectivity index (χ4v) is 6.51. The first-order valence-electron chi connectivity index (χ1n) is 10.0. The van der Waals surface area contributed by atoms with Gasteiger partial charge in [0.25, 0.3) is 0 Å². The molecule has 2 fully saturated rings. The van der Waals surface area contributed by atoms with Gasteiger partial charge in [0.15, 0.2) is 0 Å². The van der Waals surface area contributed by atoms with Crippen LogP contribution < -0.4 is 10.6 Å². The van der Waals surface area contributed by atoms with Gasteiger partial charge in [-0.1, -0.05) is 47.6 Å². The van der Waals surface area contributed by atoms with Crippen LogP contribution >= 0.6 is 11.6 Å². The second-order valence-corrected chi connectivity index (χ2v) is 10.4. The molecule has 5 rings (SSSR count). The predicted molar refractivity (Wildman–Crippen MR) is 119 cm³/mol. The summed E-state index contributed by atoms with van der Waals surface area (Å²) in [7, 11) is 0. The first-order chi connectivity index (χ1) is 13.6. The van der Waals surface area contributed by atoms with Crippen LogP contribution in [0.5, 0.6) is 0 Å². The van der Waals surface area contributed by atoms with Gasteiger partial charge in [0, 0.05) is 35.7 Å². The smallest absolute Gasteiger partial charge is 0.106 e. The van der Waals surface area contributed by atoms with Gasteiger partial charge >= 0.3 is 0 Å². The maximum Gasteiger partial charge on any atom is 0.106 e. The average molecular weight is 413 g/mol. The number of hydrogen-bond acceptors (Lipinski definition) is 3. The maximum absolute atomic E-state index is 12.1. The number of benzene rings is 2. The van der Waals surface area contributed by atoms with E-state index in [1.165, 1.54) is 24.1 Å². The number of anilines is 2. The Bertz CT molecular complexity index is 919. The van der Waals surface area contributed by atoms with Crippen LogP contribution in [0.4, 0.5) is 11.4 Å². The van der Waals surface area contributed by atoms with Crippen molar-refractivity contribution in [2.24, 2.45) is 5.92 Å². The summed E-state index contributed by atoms with van der Waals surface area (Å²) in [4.78, 5) is 0. The third kappa shape index (κ3) is 3.12. The van der Waals surface area contributed by atoms with Crippen molar-refractivity contribution < 1.29 is 4.55 Å². The highest BCUT2D eigenvalue weighted by atomic mass is 35.5. The van der Waals surface area contributed by atoms with E-state index in [9.17, 15) is 4.55 Å². The Morgan fingerprint density at radius 2 is 1.93 bits per heavy atom. The molecule has 2 heterocycles. The van der Waals surface area contributed by atoms with Crippen molar-refractivity contribution in [2.75, 3.05) is 22.1 Å². The highest BCUT2D eigenvalue weighted by molar-refractivity contribution is 7.91. The lowest BCUT2D eigenvalue weighted by atomic mass is 9.70. The predicted octanol–water partition coefficient (Wildman–Crippen LogP) is 5.41. The van der Waals surface area contributed by atoms with Gasteiger partial charge in [0.05, 0.1) is 10.7 Å². The minimum absolute atomic E-state index is 0.116. The topological polar surface area (TPSA) is 47.1 Å². The van der Waals surface area contributed by atoms with E-state index in [2.05, 4.69) is 35.4 Å². The fraction of sp³-hybridized carbons (Fsp3) is 0.391. The van der Waals surface area contributed by atoms with Gasteiger partial charge < -0.3 is 15.2 Å². The van der Waals surface area contributed by atoms with Gasteiger partial charge in [-0.15, -0.1) is 0 Å². The fourth-order valence-electron chi connectivity index (χ4n) is 4.94. The molecule has 3 aliphatic rings. The van der Waals surface area contributed by atoms with E-state index in [-0.39, 0.29) is 5.41 Å². The van der Waals surface area contributed by atoms with Crippen LogP contribution in [0, 0.1) is 5.92 Å². The van der Waals surface area contributed by atoms with E-state index < -0.39 is 11.2 Å². The Labute approximate surface area is 174 Å². The second-order valence-electron chi connectivity index (χ2n) is 8.31. The van der Waals surface area contributed by atoms with Gasteiger partial charge in [-0.2, -0.15) is 0 Å². The minimum Gasteiger partial charge on any atom is -0.616 e. The quantitative estimate of drug-likeness (QED) is 0.660. The van der Waals surface area contributed by atoms with Gasteiger partial charge in [0.1, 0.15) is 11.5 Å². The summed E-state index contributed by atoms with van der Waals surface area (Å²) < 4.78 is 12.1. The minimum atomic E-state index is -0.662. The zero-order valence-electron chi connectivity index (χ0n) is 15.8. The summed E-state index contributed by atoms with van der Waals surface area (Å²) in [5.74, 6) is 2.38. The molecule has 5 heteroatoms. The Hall–Kier alpha value is -1.62. The second kappa shape index (κ2) is 7.01. The van der Waals surface area contributed by atoms with Crippen LogP contribution in [0.3, 0.4) is 0 Å². The summed E-state index contributed by atoms with van der Waals surface area (Å²) in [6.45, 7) is 4.26. The summed E-state index contributed by atoms with van der Waals surface area (Å²) >= 11 is 5.64. The first-order valence-corrected chi connectivity index (χ1v) is 11.9. The molecule has 2 aromatic carbocycles. The van der Waals surface area contributed by atoms with Crippen molar-refractivity contribution in [1.29, 1.82) is 0 Å². The maximum atomic E-state index is 12.1. The van der Waals surface area contributed by atoms with Crippen molar-refractivity contribution in [3.8, 4) is 0 Å². The largest absolute Gasteiger partial charge is 0.616 e. The van der Waals surface area contributed by atoms with Crippen molar-refractivity contribution >= 4 is 39.8 Å². The monoisotopic (exact) mass is 412 g/mol. The molecule has 0 radical (unpaired) electrons. The van der Waals surface area contributed by atoms with Crippen LogP contribution in [-0.2, 0) is 16.6 Å². The molecule has 2 N–H and O–H groups in total. The first kappa shape index (κ1) is 18.4. The lowest BCUT2D eigenvalue weighted by Crippen LogP contribution is -2.46. The zero-order valence-corrected chi connectivity index (χ0v) is 17.4. The summed E-state index contributed by atoms with van der Waals surface area (Å²) in [5, 5.41) is 7.88. The van der Waals surface area contributed by atoms with Crippen molar-refractivity contribution in [2.45, 2.75) is 37.1 Å². The molecular weight excluding hydrogens is 388 g/mol. The normalized spacial score (nSPS) is 28.6. The number of halogens is 1. The van der Waals surface area contributed by atoms with Crippen molar-refractivity contribution in [3.05, 3.63) is 65.2 Å². The van der Waals surface area contributed by atoms with Crippen LogP contribution in [0.1, 0.15) is 36.8 Å². The Balaban J connectivity index is 1.47. The molecule has 2 aromatic rings. The highest BCUT2D eigenvalue weighted by Gasteiger charge is 2.54. The van der Waals surface area contributed by atoms with E-state index in [0.717, 1.165) is 47.2 Å². The number of para-hydroxylation sites is 1. The van der Waals surface area contributed by atoms with E-state index in [0.29, 0.717) is 11.1 Å². The molecule has 146 valence electrons. The molecule has 0 bridgehead atoms. The molecule has 1 atom stereocenters. The molecule has 1 saturated heterocycles. The summed E-state index contributed by atoms with van der Waals surface area (Å²) in [6.07, 6.45) is 4.64. The van der Waals surface area contributed by atoms with E-state index in [1.807, 2.05) is 24.3 Å². The Morgan fingerprint density at radius 3 is 2.64 bits per heavy atom. The lowest BCUT2D eigenvalue weighted by molar-refractivity contribution is 0.321. The van der Waals surface area contributed by atoms with Gasteiger partial charge in [-0.3, -0.25) is 0 Å². The number of fused-ring (bicyclic) bond motifs is 2. The van der Waals surface area contributed by atoms with Crippen molar-refractivity contribution in [1.82, 2.24) is 0 Å². The molecule has 28 heavy (non-hydrogen) atoms. The molecule has 0 amide bonds. The number of rotatable bonds is 4. The van der Waals surface area contributed by atoms with Crippen molar-refractivity contribution in [3.63, 3.8) is 0 Å². The Morgan fingerprint density at radius 1 is 1.18 bits per heavy atom. The summed E-state index contributed by atoms with van der Waals surface area (Å²) in [6, 6.07) is 14.8. The molecular formula is C23H25ClN2OS. The van der Waals surface area contributed by atoms with Crippen LogP contribution in [0.2, 0.25) is 5.02 Å². The molecule has 1 aliphatic carbocycles. The molecule has 1 saturated carbocycles. The number of hydrogen-bond donors (Lipinski definition) is 2. The zero-order chi connectivity index (χ0) is 19.3. The van der Waals surface area contributed by atoms with Crippen LogP contribution in [-0.4, -0.2) is 22.1 Å². The van der Waals surface area contributed by atoms with Gasteiger partial charge in [-0.05, 0) is 54.2 Å². The van der Waals surface area contributed by atoms with E-state index >= 15 is 0 Å². The van der Waals surface area contributed by atoms with Gasteiger partial charge in [0.2, 0.25) is 0 Å². The summed E-state index contributed by atoms with van der Waals surface area (Å²) in [5.41, 5.74) is 5.56. The van der Waals surface area contributed by atoms with Crippen LogP contribution in [0.15, 0.2) is 49.0 Å². The lowest BCUT2D eigenvalue weighted by Gasteiger charge is -2.39. The molecule has 1 unspecified atom stereocenters. The van der Waals surface area contributed by atoms with E-state index in [4.69, 9.17) is 11.6 Å². The molecule has 3 nitrogen and oxygen atoms in total. The molecule has 0 aromatic heterocycles. The molecule has 1 spiro atoms. The van der Waals surface area contributed by atoms with E-state index in [1.54, 1.807) is 0 Å². The SMILES string of the molecule is C=C(Nc1ccccc1Cl)c1ccc2c(c1)C1(CC[S+]([O-])CC1)C(C1CC1)N2.